The van der Waals surface area contributed by atoms with Crippen LogP contribution in [0.15, 0.2) is 24.3 Å². The molecule has 0 aliphatic heterocycles. The Hall–Kier alpha value is -1.84. The van der Waals surface area contributed by atoms with Gasteiger partial charge in [0.25, 0.3) is 0 Å². The van der Waals surface area contributed by atoms with Gasteiger partial charge in [-0.1, -0.05) is 0 Å². The van der Waals surface area contributed by atoms with Crippen LogP contribution in [0.3, 0.4) is 0 Å². The summed E-state index contributed by atoms with van der Waals surface area (Å²) in [5.74, 6) is -0.0135. The largest absolute Gasteiger partial charge is 0.378 e. The normalized spacial score (nSPS) is 9.47. The number of ketones is 1. The number of benzene rings is 1. The maximum absolute atomic E-state index is 10.7. The Balaban J connectivity index is 2.56. The Morgan fingerprint density at radius 3 is 2.07 bits per heavy atom. The molecule has 1 amide bonds. The molecule has 0 fully saturated rings. The summed E-state index contributed by atoms with van der Waals surface area (Å²) in [5.41, 5.74) is 1.61. The van der Waals surface area contributed by atoms with Gasteiger partial charge in [0.15, 0.2) is 0 Å². The van der Waals surface area contributed by atoms with E-state index >= 15 is 0 Å². The number of carbonyl (C=O) groups is 2. The Morgan fingerprint density at radius 1 is 1.07 bits per heavy atom. The van der Waals surface area contributed by atoms with Gasteiger partial charge in [0.05, 0.1) is 6.54 Å². The van der Waals surface area contributed by atoms with Crippen LogP contribution in [-0.2, 0) is 9.59 Å². The van der Waals surface area contributed by atoms with Gasteiger partial charge in [-0.3, -0.25) is 9.59 Å². The molecule has 0 unspecified atom stereocenters. The fourth-order valence-electron chi connectivity index (χ4n) is 1.10. The standard InChI is InChI=1S/C11H14N2O2/c1-8(14)7-12-10-3-5-11(6-4-10)13-9(2)15/h3-6,12H,7H2,1-2H3,(H,13,15). The SMILES string of the molecule is CC(=O)CNc1ccc(NC(C)=O)cc1. The van der Waals surface area contributed by atoms with Gasteiger partial charge < -0.3 is 10.6 Å². The first-order valence-corrected chi connectivity index (χ1v) is 4.69. The lowest BCUT2D eigenvalue weighted by Crippen LogP contribution is -2.10. The van der Waals surface area contributed by atoms with Crippen molar-refractivity contribution < 1.29 is 9.59 Å². The van der Waals surface area contributed by atoms with Crippen molar-refractivity contribution in [2.75, 3.05) is 17.2 Å². The molecule has 1 aromatic rings. The lowest BCUT2D eigenvalue weighted by Gasteiger charge is -2.05. The van der Waals surface area contributed by atoms with Gasteiger partial charge in [0, 0.05) is 18.3 Å². The number of hydrogen-bond donors (Lipinski definition) is 2. The van der Waals surface area contributed by atoms with E-state index in [0.717, 1.165) is 11.4 Å². The van der Waals surface area contributed by atoms with Crippen molar-refractivity contribution in [1.82, 2.24) is 0 Å². The van der Waals surface area contributed by atoms with Crippen LogP contribution in [0.25, 0.3) is 0 Å². The molecule has 0 atom stereocenters. The van der Waals surface area contributed by atoms with E-state index in [-0.39, 0.29) is 11.7 Å². The predicted molar refractivity (Wildman–Crippen MR) is 59.9 cm³/mol. The summed E-state index contributed by atoms with van der Waals surface area (Å²) in [6.07, 6.45) is 0. The number of amides is 1. The monoisotopic (exact) mass is 206 g/mol. The molecule has 0 aromatic heterocycles. The van der Waals surface area contributed by atoms with Crippen molar-refractivity contribution in [1.29, 1.82) is 0 Å². The lowest BCUT2D eigenvalue weighted by molar-refractivity contribution is -0.115. The van der Waals surface area contributed by atoms with E-state index < -0.39 is 0 Å². The average molecular weight is 206 g/mol. The van der Waals surface area contributed by atoms with Gasteiger partial charge in [-0.15, -0.1) is 0 Å². The molecule has 1 aromatic carbocycles. The highest BCUT2D eigenvalue weighted by Crippen LogP contribution is 2.12. The molecule has 2 N–H and O–H groups in total. The summed E-state index contributed by atoms with van der Waals surface area (Å²) in [7, 11) is 0. The molecule has 4 heteroatoms. The smallest absolute Gasteiger partial charge is 0.221 e. The van der Waals surface area contributed by atoms with Gasteiger partial charge in [0.2, 0.25) is 5.91 Å². The minimum absolute atomic E-state index is 0.0842. The number of nitrogens with one attached hydrogen (secondary N) is 2. The van der Waals surface area contributed by atoms with Crippen LogP contribution >= 0.6 is 0 Å². The summed E-state index contributed by atoms with van der Waals surface area (Å²) >= 11 is 0. The highest BCUT2D eigenvalue weighted by Gasteiger charge is 1.97. The zero-order valence-electron chi connectivity index (χ0n) is 8.83. The molecular formula is C11H14N2O2. The Labute approximate surface area is 88.7 Å². The summed E-state index contributed by atoms with van der Waals surface area (Å²) in [4.78, 5) is 21.5. The van der Waals surface area contributed by atoms with Crippen molar-refractivity contribution in [3.05, 3.63) is 24.3 Å². The van der Waals surface area contributed by atoms with E-state index in [9.17, 15) is 9.59 Å². The van der Waals surface area contributed by atoms with Gasteiger partial charge in [-0.25, -0.2) is 0 Å². The fraction of sp³-hybridized carbons (Fsp3) is 0.273. The van der Waals surface area contributed by atoms with Crippen molar-refractivity contribution >= 4 is 23.1 Å². The van der Waals surface area contributed by atoms with E-state index in [1.807, 2.05) is 12.1 Å². The molecule has 80 valence electrons. The molecule has 0 saturated carbocycles. The van der Waals surface area contributed by atoms with E-state index in [1.165, 1.54) is 13.8 Å². The Bertz CT molecular complexity index is 357. The maximum atomic E-state index is 10.7. The lowest BCUT2D eigenvalue weighted by atomic mass is 10.2. The first-order valence-electron chi connectivity index (χ1n) is 4.69. The molecule has 1 rings (SSSR count). The van der Waals surface area contributed by atoms with Crippen LogP contribution in [0.1, 0.15) is 13.8 Å². The van der Waals surface area contributed by atoms with Crippen molar-refractivity contribution in [3.63, 3.8) is 0 Å². The molecule has 0 saturated heterocycles. The second-order valence-electron chi connectivity index (χ2n) is 3.31. The molecule has 0 radical (unpaired) electrons. The van der Waals surface area contributed by atoms with E-state index in [0.29, 0.717) is 6.54 Å². The molecule has 0 spiro atoms. The van der Waals surface area contributed by atoms with Crippen LogP contribution in [0.2, 0.25) is 0 Å². The van der Waals surface area contributed by atoms with Gasteiger partial charge in [-0.05, 0) is 31.2 Å². The molecule has 0 heterocycles. The van der Waals surface area contributed by atoms with Crippen LogP contribution in [0.4, 0.5) is 11.4 Å². The van der Waals surface area contributed by atoms with Gasteiger partial charge in [0.1, 0.15) is 5.78 Å². The van der Waals surface area contributed by atoms with Gasteiger partial charge in [-0.2, -0.15) is 0 Å². The molecule has 15 heavy (non-hydrogen) atoms. The first-order chi connectivity index (χ1) is 7.08. The van der Waals surface area contributed by atoms with E-state index in [1.54, 1.807) is 12.1 Å². The average Bonchev–Trinajstić information content (AvgIpc) is 2.16. The Morgan fingerprint density at radius 2 is 1.60 bits per heavy atom. The van der Waals surface area contributed by atoms with Crippen LogP contribution in [-0.4, -0.2) is 18.2 Å². The molecular weight excluding hydrogens is 192 g/mol. The Kier molecular flexibility index (Phi) is 3.85. The van der Waals surface area contributed by atoms with Crippen LogP contribution < -0.4 is 10.6 Å². The third-order valence-electron chi connectivity index (χ3n) is 1.75. The molecule has 4 nitrogen and oxygen atoms in total. The zero-order chi connectivity index (χ0) is 11.3. The quantitative estimate of drug-likeness (QED) is 0.787. The minimum Gasteiger partial charge on any atom is -0.378 e. The van der Waals surface area contributed by atoms with E-state index in [4.69, 9.17) is 0 Å². The third kappa shape index (κ3) is 4.26. The summed E-state index contributed by atoms with van der Waals surface area (Å²) in [6.45, 7) is 3.31. The minimum atomic E-state index is -0.0977. The zero-order valence-corrected chi connectivity index (χ0v) is 8.83. The van der Waals surface area contributed by atoms with Gasteiger partial charge >= 0.3 is 0 Å². The fourth-order valence-corrected chi connectivity index (χ4v) is 1.10. The van der Waals surface area contributed by atoms with Crippen molar-refractivity contribution in [2.45, 2.75) is 13.8 Å². The second kappa shape index (κ2) is 5.14. The van der Waals surface area contributed by atoms with Crippen LogP contribution in [0, 0.1) is 0 Å². The molecule has 0 aliphatic carbocycles. The maximum Gasteiger partial charge on any atom is 0.221 e. The summed E-state index contributed by atoms with van der Waals surface area (Å²) in [5, 5.41) is 5.63. The topological polar surface area (TPSA) is 58.2 Å². The number of hydrogen-bond acceptors (Lipinski definition) is 3. The third-order valence-corrected chi connectivity index (χ3v) is 1.75. The second-order valence-corrected chi connectivity index (χ2v) is 3.31. The molecule has 0 aliphatic rings. The number of anilines is 2. The van der Waals surface area contributed by atoms with Crippen molar-refractivity contribution in [3.8, 4) is 0 Å². The van der Waals surface area contributed by atoms with E-state index in [2.05, 4.69) is 10.6 Å². The highest BCUT2D eigenvalue weighted by molar-refractivity contribution is 5.88. The highest BCUT2D eigenvalue weighted by atomic mass is 16.1. The first kappa shape index (κ1) is 11.2. The van der Waals surface area contributed by atoms with Crippen LogP contribution in [0.5, 0.6) is 0 Å². The predicted octanol–water partition coefficient (Wildman–Crippen LogP) is 1.65. The number of rotatable bonds is 4. The van der Waals surface area contributed by atoms with Crippen molar-refractivity contribution in [2.24, 2.45) is 0 Å². The summed E-state index contributed by atoms with van der Waals surface area (Å²) < 4.78 is 0. The number of Topliss-reactive ketones (excluding diaryl/α,β-unsaturated/α-hetero) is 1. The number of carbonyl (C=O) groups excluding carboxylic acids is 2. The molecule has 0 bridgehead atoms. The summed E-state index contributed by atoms with van der Waals surface area (Å²) in [6, 6.07) is 7.19.